The Bertz CT molecular complexity index is 672. The largest absolute Gasteiger partial charge is 0.369 e. The van der Waals surface area contributed by atoms with E-state index in [-0.39, 0.29) is 17.4 Å². The van der Waals surface area contributed by atoms with E-state index in [2.05, 4.69) is 15.3 Å². The van der Waals surface area contributed by atoms with Gasteiger partial charge in [-0.25, -0.2) is 14.4 Å². The fourth-order valence-electron chi connectivity index (χ4n) is 2.41. The first kappa shape index (κ1) is 13.5. The van der Waals surface area contributed by atoms with Gasteiger partial charge in [-0.05, 0) is 31.0 Å². The van der Waals surface area contributed by atoms with Crippen LogP contribution in [0.5, 0.6) is 0 Å². The maximum atomic E-state index is 13.4. The molecule has 0 atom stereocenters. The minimum atomic E-state index is -0.345. The Hall–Kier alpha value is -2.50. The Labute approximate surface area is 121 Å². The highest BCUT2D eigenvalue weighted by molar-refractivity contribution is 6.05. The molecule has 5 nitrogen and oxygen atoms in total. The monoisotopic (exact) mass is 286 g/mol. The molecule has 0 radical (unpaired) electrons. The quantitative estimate of drug-likeness (QED) is 0.940. The Morgan fingerprint density at radius 1 is 1.38 bits per heavy atom. The van der Waals surface area contributed by atoms with Crippen molar-refractivity contribution >= 4 is 17.4 Å². The number of aromatic nitrogens is 2. The van der Waals surface area contributed by atoms with Gasteiger partial charge in [-0.3, -0.25) is 4.79 Å². The minimum Gasteiger partial charge on any atom is -0.369 e. The Morgan fingerprint density at radius 3 is 2.95 bits per heavy atom. The van der Waals surface area contributed by atoms with E-state index in [4.69, 9.17) is 0 Å². The molecule has 1 N–H and O–H groups in total. The van der Waals surface area contributed by atoms with Crippen LogP contribution in [0.2, 0.25) is 0 Å². The summed E-state index contributed by atoms with van der Waals surface area (Å²) in [6.45, 7) is 3.23. The molecule has 1 amide bonds. The minimum absolute atomic E-state index is 0.255. The van der Waals surface area contributed by atoms with Crippen LogP contribution in [-0.2, 0) is 6.42 Å². The number of benzene rings is 1. The fraction of sp³-hybridized carbons (Fsp3) is 0.267. The van der Waals surface area contributed by atoms with Crippen molar-refractivity contribution in [2.75, 3.05) is 23.3 Å². The lowest BCUT2D eigenvalue weighted by Gasteiger charge is -2.16. The van der Waals surface area contributed by atoms with E-state index in [1.807, 2.05) is 6.92 Å². The summed E-state index contributed by atoms with van der Waals surface area (Å²) in [5.41, 5.74) is 1.85. The predicted octanol–water partition coefficient (Wildman–Crippen LogP) is 2.25. The molecule has 3 rings (SSSR count). The summed E-state index contributed by atoms with van der Waals surface area (Å²) >= 11 is 0. The van der Waals surface area contributed by atoms with Crippen LogP contribution in [0.15, 0.2) is 30.6 Å². The molecule has 0 bridgehead atoms. The molecule has 1 aliphatic heterocycles. The van der Waals surface area contributed by atoms with Crippen molar-refractivity contribution in [1.82, 2.24) is 9.97 Å². The number of rotatable bonds is 3. The van der Waals surface area contributed by atoms with Gasteiger partial charge in [0, 0.05) is 13.1 Å². The third-order valence-corrected chi connectivity index (χ3v) is 3.42. The molecule has 6 heteroatoms. The number of nitrogens with zero attached hydrogens (tertiary/aromatic N) is 3. The zero-order valence-electron chi connectivity index (χ0n) is 11.6. The van der Waals surface area contributed by atoms with E-state index in [9.17, 15) is 9.18 Å². The number of fused-ring (bicyclic) bond motifs is 1. The van der Waals surface area contributed by atoms with Crippen molar-refractivity contribution in [3.63, 3.8) is 0 Å². The van der Waals surface area contributed by atoms with Crippen LogP contribution < -0.4 is 10.2 Å². The summed E-state index contributed by atoms with van der Waals surface area (Å²) in [7, 11) is 0. The fourth-order valence-corrected chi connectivity index (χ4v) is 2.41. The third kappa shape index (κ3) is 2.56. The van der Waals surface area contributed by atoms with Crippen molar-refractivity contribution in [3.05, 3.63) is 47.7 Å². The Balaban J connectivity index is 1.85. The van der Waals surface area contributed by atoms with Crippen LogP contribution in [0.4, 0.5) is 15.9 Å². The number of carbonyl (C=O) groups excluding carboxylic acids is 1. The van der Waals surface area contributed by atoms with Gasteiger partial charge in [-0.1, -0.05) is 6.07 Å². The molecule has 2 aromatic rings. The Morgan fingerprint density at radius 2 is 2.24 bits per heavy atom. The predicted molar refractivity (Wildman–Crippen MR) is 78.0 cm³/mol. The molecule has 0 aliphatic carbocycles. The van der Waals surface area contributed by atoms with Gasteiger partial charge >= 0.3 is 0 Å². The molecule has 0 saturated heterocycles. The third-order valence-electron chi connectivity index (χ3n) is 3.42. The lowest BCUT2D eigenvalue weighted by Crippen LogP contribution is -2.29. The van der Waals surface area contributed by atoms with Crippen LogP contribution in [-0.4, -0.2) is 29.0 Å². The lowest BCUT2D eigenvalue weighted by atomic mass is 10.2. The molecule has 0 saturated carbocycles. The van der Waals surface area contributed by atoms with E-state index in [1.165, 1.54) is 24.5 Å². The van der Waals surface area contributed by atoms with E-state index >= 15 is 0 Å². The molecule has 0 fully saturated rings. The maximum Gasteiger partial charge on any atom is 0.278 e. The summed E-state index contributed by atoms with van der Waals surface area (Å²) in [6.07, 6.45) is 3.70. The standard InChI is InChI=1S/C15H15FN4O/c1-2-17-14-9-18-12(8-19-14)15(21)20-6-5-10-3-4-11(16)7-13(10)20/h3-4,7-9H,2,5-6H2,1H3,(H,17,19). The second kappa shape index (κ2) is 5.47. The van der Waals surface area contributed by atoms with Gasteiger partial charge in [-0.15, -0.1) is 0 Å². The molecule has 108 valence electrons. The molecule has 1 aromatic carbocycles. The number of amides is 1. The van der Waals surface area contributed by atoms with Gasteiger partial charge in [0.1, 0.15) is 17.3 Å². The molecule has 0 spiro atoms. The van der Waals surface area contributed by atoms with Gasteiger partial charge in [-0.2, -0.15) is 0 Å². The van der Waals surface area contributed by atoms with E-state index in [0.29, 0.717) is 18.1 Å². The topological polar surface area (TPSA) is 58.1 Å². The van der Waals surface area contributed by atoms with Crippen molar-refractivity contribution < 1.29 is 9.18 Å². The molecular weight excluding hydrogens is 271 g/mol. The van der Waals surface area contributed by atoms with E-state index in [1.54, 1.807) is 11.0 Å². The van der Waals surface area contributed by atoms with E-state index < -0.39 is 0 Å². The number of anilines is 2. The summed E-state index contributed by atoms with van der Waals surface area (Å²) in [5, 5.41) is 3.02. The molecule has 0 unspecified atom stereocenters. The van der Waals surface area contributed by atoms with Crippen LogP contribution in [0.3, 0.4) is 0 Å². The van der Waals surface area contributed by atoms with Crippen LogP contribution in [0.25, 0.3) is 0 Å². The summed E-state index contributed by atoms with van der Waals surface area (Å²) in [6, 6.07) is 4.52. The van der Waals surface area contributed by atoms with Gasteiger partial charge in [0.05, 0.1) is 18.1 Å². The van der Waals surface area contributed by atoms with Crippen molar-refractivity contribution in [2.24, 2.45) is 0 Å². The second-order valence-electron chi connectivity index (χ2n) is 4.80. The molecule has 2 heterocycles. The Kier molecular flexibility index (Phi) is 3.51. The average molecular weight is 286 g/mol. The molecular formula is C15H15FN4O. The first-order valence-electron chi connectivity index (χ1n) is 6.85. The maximum absolute atomic E-state index is 13.4. The van der Waals surface area contributed by atoms with Gasteiger partial charge in [0.25, 0.3) is 5.91 Å². The molecule has 21 heavy (non-hydrogen) atoms. The summed E-state index contributed by atoms with van der Waals surface area (Å²) in [5.74, 6) is 0.0267. The first-order valence-corrected chi connectivity index (χ1v) is 6.85. The highest BCUT2D eigenvalue weighted by Gasteiger charge is 2.26. The summed E-state index contributed by atoms with van der Waals surface area (Å²) in [4.78, 5) is 22.3. The lowest BCUT2D eigenvalue weighted by molar-refractivity contribution is 0.0984. The zero-order valence-corrected chi connectivity index (χ0v) is 11.6. The normalized spacial score (nSPS) is 13.1. The number of carbonyl (C=O) groups is 1. The van der Waals surface area contributed by atoms with Gasteiger partial charge in [0.2, 0.25) is 0 Å². The molecule has 1 aromatic heterocycles. The number of nitrogens with one attached hydrogen (secondary N) is 1. The van der Waals surface area contributed by atoms with Crippen molar-refractivity contribution in [1.29, 1.82) is 0 Å². The van der Waals surface area contributed by atoms with Gasteiger partial charge in [0.15, 0.2) is 0 Å². The van der Waals surface area contributed by atoms with Crippen molar-refractivity contribution in [3.8, 4) is 0 Å². The highest BCUT2D eigenvalue weighted by Crippen LogP contribution is 2.29. The SMILES string of the molecule is CCNc1cnc(C(=O)N2CCc3ccc(F)cc32)cn1. The van der Waals surface area contributed by atoms with Crippen LogP contribution in [0.1, 0.15) is 23.0 Å². The smallest absolute Gasteiger partial charge is 0.278 e. The van der Waals surface area contributed by atoms with Gasteiger partial charge < -0.3 is 10.2 Å². The number of hydrogen-bond donors (Lipinski definition) is 1. The second-order valence-corrected chi connectivity index (χ2v) is 4.80. The molecule has 1 aliphatic rings. The van der Waals surface area contributed by atoms with Crippen molar-refractivity contribution in [2.45, 2.75) is 13.3 Å². The average Bonchev–Trinajstić information content (AvgIpc) is 2.90. The first-order chi connectivity index (χ1) is 10.2. The van der Waals surface area contributed by atoms with Crippen LogP contribution >= 0.6 is 0 Å². The number of hydrogen-bond acceptors (Lipinski definition) is 4. The van der Waals surface area contributed by atoms with E-state index in [0.717, 1.165) is 18.5 Å². The van der Waals surface area contributed by atoms with Crippen LogP contribution in [0, 0.1) is 5.82 Å². The summed E-state index contributed by atoms with van der Waals surface area (Å²) < 4.78 is 13.4. The highest BCUT2D eigenvalue weighted by atomic mass is 19.1. The zero-order chi connectivity index (χ0) is 14.8. The number of halogens is 1.